The second kappa shape index (κ2) is 13.1. The molecule has 212 valence electrons. The summed E-state index contributed by atoms with van der Waals surface area (Å²) in [6, 6.07) is 26.5. The maximum absolute atomic E-state index is 13.5. The Balaban J connectivity index is 1.43. The lowest BCUT2D eigenvalue weighted by Gasteiger charge is -2.28. The number of methoxy groups -OCH3 is 3. The fraction of sp³-hybridized carbons (Fsp3) is 0.242. The number of carbonyl (C=O) groups excluding carboxylic acids is 1. The van der Waals surface area contributed by atoms with Crippen LogP contribution in [0.1, 0.15) is 39.6 Å². The van der Waals surface area contributed by atoms with E-state index in [9.17, 15) is 4.79 Å². The monoisotopic (exact) mass is 556 g/mol. The molecule has 1 atom stereocenters. The van der Waals surface area contributed by atoms with Gasteiger partial charge in [-0.1, -0.05) is 60.7 Å². The van der Waals surface area contributed by atoms with Crippen LogP contribution in [0, 0.1) is 0 Å². The molecule has 1 aliphatic heterocycles. The molecule has 0 aromatic heterocycles. The molecule has 41 heavy (non-hydrogen) atoms. The highest BCUT2D eigenvalue weighted by atomic mass is 16.7. The lowest BCUT2D eigenvalue weighted by molar-refractivity contribution is 0.0503. The molecule has 0 radical (unpaired) electrons. The Hall–Kier alpha value is -4.69. The van der Waals surface area contributed by atoms with Crippen molar-refractivity contribution in [3.8, 4) is 34.5 Å². The molecule has 4 aromatic carbocycles. The van der Waals surface area contributed by atoms with Crippen LogP contribution in [0.2, 0.25) is 0 Å². The van der Waals surface area contributed by atoms with Crippen molar-refractivity contribution in [2.24, 2.45) is 0 Å². The Kier molecular flexibility index (Phi) is 8.91. The van der Waals surface area contributed by atoms with Gasteiger partial charge in [-0.2, -0.15) is 0 Å². The highest BCUT2D eigenvalue weighted by Gasteiger charge is 2.33. The first kappa shape index (κ1) is 27.9. The van der Waals surface area contributed by atoms with Crippen molar-refractivity contribution >= 4 is 5.78 Å². The van der Waals surface area contributed by atoms with Crippen LogP contribution in [-0.4, -0.2) is 33.9 Å². The minimum absolute atomic E-state index is 0.0348. The van der Waals surface area contributed by atoms with Gasteiger partial charge in [0.2, 0.25) is 5.75 Å². The molecule has 0 saturated carbocycles. The quantitative estimate of drug-likeness (QED) is 0.182. The van der Waals surface area contributed by atoms with Gasteiger partial charge < -0.3 is 33.2 Å². The molecule has 0 saturated heterocycles. The van der Waals surface area contributed by atoms with Crippen molar-refractivity contribution in [1.29, 1.82) is 0 Å². The Labute approximate surface area is 239 Å². The average Bonchev–Trinajstić information content (AvgIpc) is 3.01. The zero-order valence-electron chi connectivity index (χ0n) is 23.3. The van der Waals surface area contributed by atoms with Crippen LogP contribution in [0.3, 0.4) is 0 Å². The lowest BCUT2D eigenvalue weighted by Crippen LogP contribution is -2.21. The van der Waals surface area contributed by atoms with E-state index in [-0.39, 0.29) is 25.6 Å². The third-order valence-electron chi connectivity index (χ3n) is 6.62. The predicted molar refractivity (Wildman–Crippen MR) is 152 cm³/mol. The fourth-order valence-electron chi connectivity index (χ4n) is 4.60. The van der Waals surface area contributed by atoms with E-state index in [4.69, 9.17) is 33.2 Å². The molecule has 0 spiro atoms. The lowest BCUT2D eigenvalue weighted by atomic mass is 9.95. The fourth-order valence-corrected chi connectivity index (χ4v) is 4.60. The van der Waals surface area contributed by atoms with Gasteiger partial charge in [0.25, 0.3) is 0 Å². The van der Waals surface area contributed by atoms with Gasteiger partial charge in [0.15, 0.2) is 24.1 Å². The van der Waals surface area contributed by atoms with Crippen molar-refractivity contribution in [3.63, 3.8) is 0 Å². The number of hydrogen-bond donors (Lipinski definition) is 0. The number of Topliss-reactive ketones (excluding diaryl/α,β-unsaturated/α-hetero) is 1. The van der Waals surface area contributed by atoms with Gasteiger partial charge in [-0.3, -0.25) is 4.79 Å². The molecule has 4 aromatic rings. The van der Waals surface area contributed by atoms with Crippen LogP contribution in [-0.2, 0) is 18.0 Å². The van der Waals surface area contributed by atoms with Gasteiger partial charge in [-0.15, -0.1) is 0 Å². The van der Waals surface area contributed by atoms with Crippen LogP contribution in [0.4, 0.5) is 0 Å². The van der Waals surface area contributed by atoms with E-state index in [2.05, 4.69) is 0 Å². The third-order valence-corrected chi connectivity index (χ3v) is 6.62. The van der Waals surface area contributed by atoms with E-state index in [1.165, 1.54) is 7.11 Å². The average molecular weight is 557 g/mol. The second-order valence-corrected chi connectivity index (χ2v) is 9.38. The van der Waals surface area contributed by atoms with Crippen LogP contribution in [0.5, 0.6) is 34.5 Å². The Morgan fingerprint density at radius 3 is 1.93 bits per heavy atom. The molecule has 0 amide bonds. The molecule has 8 nitrogen and oxygen atoms in total. The standard InChI is InChI=1S/C33H32O8/c1-35-21-40-25-16-28(38-19-22-10-6-4-7-11-22)32-26(34)18-27(41-29(32)17-25)24-14-30(36-2)33(31(15-24)37-3)39-20-23-12-8-5-9-13-23/h4-17,27H,18-21H2,1-3H3. The van der Waals surface area contributed by atoms with Crippen LogP contribution >= 0.6 is 0 Å². The summed E-state index contributed by atoms with van der Waals surface area (Å²) >= 11 is 0. The molecule has 8 heteroatoms. The molecule has 0 N–H and O–H groups in total. The molecule has 5 rings (SSSR count). The summed E-state index contributed by atoms with van der Waals surface area (Å²) in [5.74, 6) is 2.52. The van der Waals surface area contributed by atoms with Crippen LogP contribution in [0.25, 0.3) is 0 Å². The molecule has 1 unspecified atom stereocenters. The van der Waals surface area contributed by atoms with Gasteiger partial charge in [-0.25, -0.2) is 0 Å². The number of ether oxygens (including phenoxy) is 7. The SMILES string of the molecule is COCOc1cc(OCc2ccccc2)c2c(c1)OC(c1cc(OC)c(OCc3ccccc3)c(OC)c1)CC2=O. The van der Waals surface area contributed by atoms with Gasteiger partial charge in [0, 0.05) is 24.8 Å². The van der Waals surface area contributed by atoms with E-state index < -0.39 is 6.10 Å². The molecular weight excluding hydrogens is 524 g/mol. The third kappa shape index (κ3) is 6.56. The highest BCUT2D eigenvalue weighted by Crippen LogP contribution is 2.46. The number of benzene rings is 4. The number of ketones is 1. The summed E-state index contributed by atoms with van der Waals surface area (Å²) < 4.78 is 40.7. The largest absolute Gasteiger partial charge is 0.493 e. The molecule has 0 fully saturated rings. The highest BCUT2D eigenvalue weighted by molar-refractivity contribution is 6.03. The summed E-state index contributed by atoms with van der Waals surface area (Å²) in [4.78, 5) is 13.5. The first-order valence-electron chi connectivity index (χ1n) is 13.2. The maximum atomic E-state index is 13.5. The van der Waals surface area contributed by atoms with Gasteiger partial charge in [0.05, 0.1) is 20.6 Å². The first-order chi connectivity index (χ1) is 20.1. The summed E-state index contributed by atoms with van der Waals surface area (Å²) in [5.41, 5.74) is 3.07. The van der Waals surface area contributed by atoms with Crippen molar-refractivity contribution < 1.29 is 38.0 Å². The second-order valence-electron chi connectivity index (χ2n) is 9.38. The summed E-state index contributed by atoms with van der Waals surface area (Å²) in [7, 11) is 4.66. The summed E-state index contributed by atoms with van der Waals surface area (Å²) in [5, 5.41) is 0. The van der Waals surface area contributed by atoms with E-state index in [0.29, 0.717) is 52.2 Å². The zero-order valence-corrected chi connectivity index (χ0v) is 23.3. The first-order valence-corrected chi connectivity index (χ1v) is 13.2. The Morgan fingerprint density at radius 2 is 1.34 bits per heavy atom. The van der Waals surface area contributed by atoms with E-state index in [0.717, 1.165) is 11.1 Å². The molecular formula is C33H32O8. The maximum Gasteiger partial charge on any atom is 0.203 e. The summed E-state index contributed by atoms with van der Waals surface area (Å²) in [6.45, 7) is 0.665. The predicted octanol–water partition coefficient (Wildman–Crippen LogP) is 6.55. The molecule has 1 heterocycles. The van der Waals surface area contributed by atoms with Crippen molar-refractivity contribution in [3.05, 3.63) is 107 Å². The normalized spacial score (nSPS) is 14.0. The van der Waals surface area contributed by atoms with Crippen molar-refractivity contribution in [2.45, 2.75) is 25.7 Å². The smallest absolute Gasteiger partial charge is 0.203 e. The topological polar surface area (TPSA) is 81.7 Å². The van der Waals surface area contributed by atoms with E-state index in [1.807, 2.05) is 72.8 Å². The Morgan fingerprint density at radius 1 is 0.732 bits per heavy atom. The summed E-state index contributed by atoms with van der Waals surface area (Å²) in [6.07, 6.45) is -0.496. The zero-order chi connectivity index (χ0) is 28.6. The van der Waals surface area contributed by atoms with Gasteiger partial charge >= 0.3 is 0 Å². The van der Waals surface area contributed by atoms with E-state index >= 15 is 0 Å². The molecule has 0 bridgehead atoms. The van der Waals surface area contributed by atoms with Crippen molar-refractivity contribution in [1.82, 2.24) is 0 Å². The Bertz CT molecular complexity index is 1440. The van der Waals surface area contributed by atoms with Gasteiger partial charge in [-0.05, 0) is 23.3 Å². The minimum Gasteiger partial charge on any atom is -0.493 e. The number of hydrogen-bond acceptors (Lipinski definition) is 8. The minimum atomic E-state index is -0.597. The van der Waals surface area contributed by atoms with Crippen LogP contribution < -0.4 is 28.4 Å². The van der Waals surface area contributed by atoms with Gasteiger partial charge in [0.1, 0.15) is 42.1 Å². The molecule has 1 aliphatic rings. The number of rotatable bonds is 12. The van der Waals surface area contributed by atoms with Crippen LogP contribution in [0.15, 0.2) is 84.9 Å². The molecule has 0 aliphatic carbocycles. The number of carbonyl (C=O) groups is 1. The number of fused-ring (bicyclic) bond motifs is 1. The van der Waals surface area contributed by atoms with E-state index in [1.54, 1.807) is 26.4 Å². The van der Waals surface area contributed by atoms with Crippen molar-refractivity contribution in [2.75, 3.05) is 28.1 Å².